The number of amides is 3. The van der Waals surface area contributed by atoms with Crippen LogP contribution in [0.2, 0.25) is 0 Å². The van der Waals surface area contributed by atoms with E-state index >= 15 is 0 Å². The number of nitrogens with one attached hydrogen (secondary N) is 2. The predicted octanol–water partition coefficient (Wildman–Crippen LogP) is 2.62. The molecule has 3 fully saturated rings. The average Bonchev–Trinajstić information content (AvgIpc) is 3.99. The van der Waals surface area contributed by atoms with Crippen molar-refractivity contribution >= 4 is 27.7 Å². The van der Waals surface area contributed by atoms with Crippen LogP contribution in [0.3, 0.4) is 0 Å². The lowest BCUT2D eigenvalue weighted by molar-refractivity contribution is -0.140. The van der Waals surface area contributed by atoms with Crippen molar-refractivity contribution in [2.24, 2.45) is 17.8 Å². The number of methoxy groups -OCH3 is 2. The zero-order valence-electron chi connectivity index (χ0n) is 26.8. The summed E-state index contributed by atoms with van der Waals surface area (Å²) >= 11 is 0. The van der Waals surface area contributed by atoms with Gasteiger partial charge in [0.05, 0.1) is 37.5 Å². The third kappa shape index (κ3) is 6.92. The van der Waals surface area contributed by atoms with Gasteiger partial charge < -0.3 is 24.4 Å². The summed E-state index contributed by atoms with van der Waals surface area (Å²) in [5.74, 6) is -2.29. The number of benzene rings is 1. The lowest BCUT2D eigenvalue weighted by atomic mass is 9.93. The molecule has 13 nitrogen and oxygen atoms in total. The zero-order chi connectivity index (χ0) is 33.3. The first kappa shape index (κ1) is 32.7. The highest BCUT2D eigenvalue weighted by Crippen LogP contribution is 2.47. The van der Waals surface area contributed by atoms with Gasteiger partial charge in [0.25, 0.3) is 5.91 Å². The topological polar surface area (TPSA) is 166 Å². The molecule has 0 saturated heterocycles. The fourth-order valence-corrected chi connectivity index (χ4v) is 7.95. The minimum atomic E-state index is -3.82. The van der Waals surface area contributed by atoms with Gasteiger partial charge in [0.2, 0.25) is 21.8 Å². The highest BCUT2D eigenvalue weighted by Gasteiger charge is 2.62. The summed E-state index contributed by atoms with van der Waals surface area (Å²) in [4.78, 5) is 51.8. The highest BCUT2D eigenvalue weighted by molar-refractivity contribution is 7.91. The summed E-state index contributed by atoms with van der Waals surface area (Å²) in [6.45, 7) is 0.546. The molecule has 2 heterocycles. The molecular weight excluding hydrogens is 626 g/mol. The number of fused-ring (bicyclic) bond motifs is 2. The average molecular weight is 668 g/mol. The Morgan fingerprint density at radius 2 is 1.89 bits per heavy atom. The summed E-state index contributed by atoms with van der Waals surface area (Å²) in [6, 6.07) is 7.44. The van der Waals surface area contributed by atoms with Gasteiger partial charge in [-0.05, 0) is 63.5 Å². The van der Waals surface area contributed by atoms with E-state index in [1.165, 1.54) is 13.3 Å². The van der Waals surface area contributed by atoms with Crippen LogP contribution in [0.25, 0.3) is 11.3 Å². The van der Waals surface area contributed by atoms with Crippen molar-refractivity contribution in [2.75, 3.05) is 27.8 Å². The molecule has 1 aromatic heterocycles. The van der Waals surface area contributed by atoms with Crippen LogP contribution in [0.1, 0.15) is 51.4 Å². The molecule has 0 spiro atoms. The van der Waals surface area contributed by atoms with Gasteiger partial charge in [-0.3, -0.25) is 19.1 Å². The van der Waals surface area contributed by atoms with E-state index in [4.69, 9.17) is 14.2 Å². The van der Waals surface area contributed by atoms with Crippen molar-refractivity contribution in [3.63, 3.8) is 0 Å². The number of carbonyl (C=O) groups is 3. The van der Waals surface area contributed by atoms with Crippen LogP contribution in [-0.4, -0.2) is 85.7 Å². The number of carbonyl (C=O) groups excluding carboxylic acids is 3. The Bertz CT molecular complexity index is 1680. The molecule has 1 aromatic carbocycles. The molecular formula is C33H41N5O8S. The molecule has 14 heteroatoms. The van der Waals surface area contributed by atoms with Crippen molar-refractivity contribution in [3.05, 3.63) is 42.6 Å². The van der Waals surface area contributed by atoms with E-state index in [-0.39, 0.29) is 37.1 Å². The smallest absolute Gasteiger partial charge is 0.316 e. The second kappa shape index (κ2) is 13.1. The van der Waals surface area contributed by atoms with E-state index in [1.54, 1.807) is 19.1 Å². The van der Waals surface area contributed by atoms with Crippen molar-refractivity contribution in [3.8, 4) is 28.8 Å². The van der Waals surface area contributed by atoms with Crippen LogP contribution < -0.4 is 24.2 Å². The van der Waals surface area contributed by atoms with Crippen molar-refractivity contribution in [1.82, 2.24) is 24.9 Å². The Balaban J connectivity index is 1.28. The van der Waals surface area contributed by atoms with Gasteiger partial charge >= 0.3 is 6.01 Å². The van der Waals surface area contributed by atoms with Crippen LogP contribution >= 0.6 is 0 Å². The van der Waals surface area contributed by atoms with Gasteiger partial charge in [-0.25, -0.2) is 8.42 Å². The number of rotatable bonds is 8. The van der Waals surface area contributed by atoms with Crippen molar-refractivity contribution in [1.29, 1.82) is 0 Å². The standard InChI is InChI=1S/C33H41N5O8S/c1-38-14-7-5-4-6-10-21-18-33(21,31(41)37-47(42,43)24-12-13-24)36-29(39)25-16-23(17-26(25)30(38)40)46-27-19-34-32(45-3)35-28(27)20-9-8-11-22(15-20)44-2/h6,8-11,15,19,21,23-26H,4-5,7,12-14,16-18H2,1-3H3,(H,36,39)(H,37,41)/b10-6+/t21-,23+,25+,26+,33-/m0/s1. The Labute approximate surface area is 274 Å². The van der Waals surface area contributed by atoms with Gasteiger partial charge in [-0.15, -0.1) is 0 Å². The molecule has 0 bridgehead atoms. The molecule has 2 N–H and O–H groups in total. The minimum Gasteiger partial charge on any atom is -0.497 e. The number of ether oxygens (including phenoxy) is 3. The Morgan fingerprint density at radius 3 is 2.64 bits per heavy atom. The Morgan fingerprint density at radius 1 is 1.11 bits per heavy atom. The van der Waals surface area contributed by atoms with E-state index in [9.17, 15) is 22.8 Å². The molecule has 3 amide bonds. The molecule has 3 aliphatic carbocycles. The lowest BCUT2D eigenvalue weighted by Gasteiger charge is -2.26. The lowest BCUT2D eigenvalue weighted by Crippen LogP contribution is -2.54. The van der Waals surface area contributed by atoms with E-state index in [1.807, 2.05) is 36.4 Å². The van der Waals surface area contributed by atoms with Gasteiger partial charge in [-0.2, -0.15) is 9.97 Å². The summed E-state index contributed by atoms with van der Waals surface area (Å²) in [5, 5.41) is 2.33. The molecule has 47 heavy (non-hydrogen) atoms. The van der Waals surface area contributed by atoms with Crippen LogP contribution in [0.4, 0.5) is 0 Å². The van der Waals surface area contributed by atoms with Crippen LogP contribution in [0, 0.1) is 17.8 Å². The summed E-state index contributed by atoms with van der Waals surface area (Å²) in [7, 11) is 0.947. The second-order valence-corrected chi connectivity index (χ2v) is 14.8. The third-order valence-electron chi connectivity index (χ3n) is 9.55. The number of hydrogen-bond acceptors (Lipinski definition) is 10. The molecule has 2 aromatic rings. The number of allylic oxidation sites excluding steroid dienone is 1. The molecule has 4 aliphatic rings. The molecule has 5 atom stereocenters. The largest absolute Gasteiger partial charge is 0.497 e. The number of sulfonamides is 1. The summed E-state index contributed by atoms with van der Waals surface area (Å²) < 4.78 is 44.7. The van der Waals surface area contributed by atoms with Crippen LogP contribution in [-0.2, 0) is 24.4 Å². The SMILES string of the molecule is COc1cccc(-c2nc(OC)ncc2O[C@@H]2C[C@H]3C(=O)N[C@@]4(C(=O)NS(=O)(=O)C5CC5)C[C@@H]4/C=C/CCCCN(C)C(=O)[C@@H]3C2)c1. The summed E-state index contributed by atoms with van der Waals surface area (Å²) in [6.07, 6.45) is 8.90. The molecule has 0 unspecified atom stereocenters. The maximum Gasteiger partial charge on any atom is 0.316 e. The fraction of sp³-hybridized carbons (Fsp3) is 0.545. The van der Waals surface area contributed by atoms with Crippen molar-refractivity contribution in [2.45, 2.75) is 68.3 Å². The van der Waals surface area contributed by atoms with E-state index < -0.39 is 50.6 Å². The molecule has 1 aliphatic heterocycles. The first-order chi connectivity index (χ1) is 22.5. The molecule has 252 valence electrons. The maximum absolute atomic E-state index is 14.1. The van der Waals surface area contributed by atoms with Crippen LogP contribution in [0.15, 0.2) is 42.6 Å². The van der Waals surface area contributed by atoms with E-state index in [0.717, 1.165) is 19.3 Å². The van der Waals surface area contributed by atoms with Gasteiger partial charge in [0.1, 0.15) is 23.1 Å². The van der Waals surface area contributed by atoms with Gasteiger partial charge in [0.15, 0.2) is 5.75 Å². The fourth-order valence-electron chi connectivity index (χ4n) is 6.59. The normalized spacial score (nSPS) is 28.6. The van der Waals surface area contributed by atoms with Gasteiger partial charge in [0, 0.05) is 25.1 Å². The Kier molecular flexibility index (Phi) is 9.14. The third-order valence-corrected chi connectivity index (χ3v) is 11.4. The molecule has 6 rings (SSSR count). The van der Waals surface area contributed by atoms with Crippen LogP contribution in [0.5, 0.6) is 17.5 Å². The maximum atomic E-state index is 14.1. The number of aromatic nitrogens is 2. The molecule has 3 saturated carbocycles. The zero-order valence-corrected chi connectivity index (χ0v) is 27.6. The monoisotopic (exact) mass is 667 g/mol. The highest BCUT2D eigenvalue weighted by atomic mass is 32.2. The number of nitrogens with zero attached hydrogens (tertiary/aromatic N) is 3. The van der Waals surface area contributed by atoms with Crippen molar-refractivity contribution < 1.29 is 37.0 Å². The number of hydrogen-bond donors (Lipinski definition) is 2. The summed E-state index contributed by atoms with van der Waals surface area (Å²) in [5.41, 5.74) is -0.240. The van der Waals surface area contributed by atoms with E-state index in [0.29, 0.717) is 42.1 Å². The van der Waals surface area contributed by atoms with E-state index in [2.05, 4.69) is 20.0 Å². The first-order valence-corrected chi connectivity index (χ1v) is 17.6. The minimum absolute atomic E-state index is 0.145. The first-order valence-electron chi connectivity index (χ1n) is 16.1. The molecule has 0 radical (unpaired) electrons. The predicted molar refractivity (Wildman–Crippen MR) is 171 cm³/mol. The quantitative estimate of drug-likeness (QED) is 0.400. The second-order valence-electron chi connectivity index (χ2n) is 12.9. The Hall–Kier alpha value is -4.20. The van der Waals surface area contributed by atoms with Gasteiger partial charge in [-0.1, -0.05) is 24.3 Å².